The Morgan fingerprint density at radius 2 is 1.25 bits per heavy atom. The molecule has 0 aliphatic rings. The molecule has 0 aromatic heterocycles. The Morgan fingerprint density at radius 1 is 0.938 bits per heavy atom. The smallest absolute Gasteiger partial charge is 0.306 e. The molecule has 0 bridgehead atoms. The van der Waals surface area contributed by atoms with Crippen LogP contribution in [0.1, 0.15) is 39.5 Å². The second kappa shape index (κ2) is 7.91. The zero-order valence-corrected chi connectivity index (χ0v) is 9.85. The molecule has 0 aliphatic heterocycles. The van der Waals surface area contributed by atoms with Gasteiger partial charge in [-0.1, -0.05) is 26.0 Å². The molecule has 0 amide bonds. The predicted octanol–water partition coefficient (Wildman–Crippen LogP) is 2.54. The predicted molar refractivity (Wildman–Crippen MR) is 61.2 cm³/mol. The number of allylic oxidation sites excluding steroid dienone is 2. The first-order valence-electron chi connectivity index (χ1n) is 5.55. The second-order valence-corrected chi connectivity index (χ2v) is 4.10. The van der Waals surface area contributed by atoms with E-state index < -0.39 is 11.9 Å². The van der Waals surface area contributed by atoms with Gasteiger partial charge >= 0.3 is 11.9 Å². The van der Waals surface area contributed by atoms with Crippen molar-refractivity contribution in [3.63, 3.8) is 0 Å². The lowest BCUT2D eigenvalue weighted by atomic mass is 10.0. The molecule has 92 valence electrons. The van der Waals surface area contributed by atoms with E-state index in [9.17, 15) is 9.59 Å². The van der Waals surface area contributed by atoms with Crippen molar-refractivity contribution in [2.75, 3.05) is 0 Å². The number of carboxylic acids is 2. The lowest BCUT2D eigenvalue weighted by Gasteiger charge is -2.03. The number of carbonyl (C=O) groups is 2. The Bertz CT molecular complexity index is 232. The van der Waals surface area contributed by atoms with E-state index in [2.05, 4.69) is 0 Å². The first kappa shape index (κ1) is 14.7. The van der Waals surface area contributed by atoms with Crippen LogP contribution in [-0.4, -0.2) is 22.2 Å². The highest BCUT2D eigenvalue weighted by Gasteiger charge is 2.09. The summed E-state index contributed by atoms with van der Waals surface area (Å²) in [6, 6.07) is 0. The number of carboxylic acid groups (broad SMARTS) is 2. The van der Waals surface area contributed by atoms with Crippen LogP contribution in [0.15, 0.2) is 12.2 Å². The molecule has 16 heavy (non-hydrogen) atoms. The fourth-order valence-corrected chi connectivity index (χ4v) is 1.18. The maximum Gasteiger partial charge on any atom is 0.306 e. The zero-order chi connectivity index (χ0) is 12.6. The van der Waals surface area contributed by atoms with Gasteiger partial charge < -0.3 is 10.2 Å². The largest absolute Gasteiger partial charge is 0.481 e. The van der Waals surface area contributed by atoms with E-state index in [4.69, 9.17) is 10.2 Å². The minimum atomic E-state index is -0.770. The molecule has 0 fully saturated rings. The number of hydrogen-bond acceptors (Lipinski definition) is 2. The molecule has 0 heterocycles. The van der Waals surface area contributed by atoms with Crippen molar-refractivity contribution in [3.05, 3.63) is 12.2 Å². The Morgan fingerprint density at radius 3 is 1.50 bits per heavy atom. The molecule has 0 saturated heterocycles. The lowest BCUT2D eigenvalue weighted by molar-refractivity contribution is -0.142. The molecule has 2 unspecified atom stereocenters. The summed E-state index contributed by atoms with van der Waals surface area (Å²) < 4.78 is 0. The van der Waals surface area contributed by atoms with Gasteiger partial charge in [-0.25, -0.2) is 0 Å². The summed E-state index contributed by atoms with van der Waals surface area (Å²) in [6.07, 6.45) is 6.56. The van der Waals surface area contributed by atoms with Crippen molar-refractivity contribution in [1.29, 1.82) is 0 Å². The average molecular weight is 228 g/mol. The molecule has 0 radical (unpaired) electrons. The summed E-state index contributed by atoms with van der Waals surface area (Å²) in [4.78, 5) is 21.0. The normalized spacial score (nSPS) is 14.9. The highest BCUT2D eigenvalue weighted by Crippen LogP contribution is 2.09. The van der Waals surface area contributed by atoms with Gasteiger partial charge in [0.2, 0.25) is 0 Å². The molecule has 2 N–H and O–H groups in total. The molecule has 0 aliphatic carbocycles. The Balaban J connectivity index is 3.56. The third-order valence-corrected chi connectivity index (χ3v) is 2.54. The number of rotatable bonds is 8. The number of hydrogen-bond donors (Lipinski definition) is 2. The van der Waals surface area contributed by atoms with Crippen LogP contribution < -0.4 is 0 Å². The van der Waals surface area contributed by atoms with Crippen LogP contribution in [0.4, 0.5) is 0 Å². The van der Waals surface area contributed by atoms with Crippen LogP contribution in [0.2, 0.25) is 0 Å². The quantitative estimate of drug-likeness (QED) is 0.626. The molecule has 0 saturated carbocycles. The van der Waals surface area contributed by atoms with Gasteiger partial charge in [0.15, 0.2) is 0 Å². The van der Waals surface area contributed by atoms with Crippen molar-refractivity contribution in [1.82, 2.24) is 0 Å². The van der Waals surface area contributed by atoms with E-state index in [0.717, 1.165) is 12.8 Å². The van der Waals surface area contributed by atoms with Gasteiger partial charge in [0.25, 0.3) is 0 Å². The van der Waals surface area contributed by atoms with E-state index in [-0.39, 0.29) is 11.8 Å². The maximum absolute atomic E-state index is 10.5. The fourth-order valence-electron chi connectivity index (χ4n) is 1.18. The summed E-state index contributed by atoms with van der Waals surface area (Å²) in [5.74, 6) is -2.18. The molecule has 0 spiro atoms. The Hall–Kier alpha value is -1.32. The fraction of sp³-hybridized carbons (Fsp3) is 0.667. The summed E-state index contributed by atoms with van der Waals surface area (Å²) in [5.41, 5.74) is 0. The molecule has 2 atom stereocenters. The van der Waals surface area contributed by atoms with Gasteiger partial charge in [0, 0.05) is 0 Å². The third kappa shape index (κ3) is 7.04. The molecule has 4 heteroatoms. The van der Waals surface area contributed by atoms with Gasteiger partial charge in [-0.05, 0) is 25.7 Å². The van der Waals surface area contributed by atoms with Crippen molar-refractivity contribution in [2.45, 2.75) is 39.5 Å². The van der Waals surface area contributed by atoms with E-state index in [1.807, 2.05) is 12.2 Å². The van der Waals surface area contributed by atoms with E-state index >= 15 is 0 Å². The van der Waals surface area contributed by atoms with Crippen molar-refractivity contribution in [2.24, 2.45) is 11.8 Å². The van der Waals surface area contributed by atoms with Crippen LogP contribution >= 0.6 is 0 Å². The van der Waals surface area contributed by atoms with Crippen molar-refractivity contribution >= 4 is 11.9 Å². The first-order valence-corrected chi connectivity index (χ1v) is 5.55. The van der Waals surface area contributed by atoms with E-state index in [1.165, 1.54) is 0 Å². The third-order valence-electron chi connectivity index (χ3n) is 2.54. The van der Waals surface area contributed by atoms with Gasteiger partial charge in [-0.15, -0.1) is 0 Å². The zero-order valence-electron chi connectivity index (χ0n) is 9.85. The Labute approximate surface area is 96.0 Å². The second-order valence-electron chi connectivity index (χ2n) is 4.10. The monoisotopic (exact) mass is 228 g/mol. The molecule has 4 nitrogen and oxygen atoms in total. The van der Waals surface area contributed by atoms with Crippen LogP contribution in [0.25, 0.3) is 0 Å². The SMILES string of the molecule is CC(CCC=CCCC(C)C(=O)O)C(=O)O. The maximum atomic E-state index is 10.5. The Kier molecular flexibility index (Phi) is 7.25. The van der Waals surface area contributed by atoms with E-state index in [0.29, 0.717) is 12.8 Å². The topological polar surface area (TPSA) is 74.6 Å². The van der Waals surface area contributed by atoms with Crippen LogP contribution in [-0.2, 0) is 9.59 Å². The summed E-state index contributed by atoms with van der Waals surface area (Å²) >= 11 is 0. The molecular weight excluding hydrogens is 208 g/mol. The molecule has 0 aromatic carbocycles. The van der Waals surface area contributed by atoms with Gasteiger partial charge in [0.1, 0.15) is 0 Å². The molecular formula is C12H20O4. The van der Waals surface area contributed by atoms with E-state index in [1.54, 1.807) is 13.8 Å². The summed E-state index contributed by atoms with van der Waals surface area (Å²) in [6.45, 7) is 3.37. The van der Waals surface area contributed by atoms with Crippen molar-refractivity contribution < 1.29 is 19.8 Å². The van der Waals surface area contributed by atoms with Crippen LogP contribution in [0.5, 0.6) is 0 Å². The summed E-state index contributed by atoms with van der Waals surface area (Å²) in [7, 11) is 0. The van der Waals surface area contributed by atoms with Crippen LogP contribution in [0, 0.1) is 11.8 Å². The van der Waals surface area contributed by atoms with Gasteiger partial charge in [-0.3, -0.25) is 9.59 Å². The van der Waals surface area contributed by atoms with Gasteiger partial charge in [-0.2, -0.15) is 0 Å². The first-order chi connectivity index (χ1) is 7.45. The minimum Gasteiger partial charge on any atom is -0.481 e. The van der Waals surface area contributed by atoms with Crippen molar-refractivity contribution in [3.8, 4) is 0 Å². The molecule has 0 aromatic rings. The number of aliphatic carboxylic acids is 2. The summed E-state index contributed by atoms with van der Waals surface area (Å²) in [5, 5.41) is 17.3. The minimum absolute atomic E-state index is 0.317. The molecule has 0 rings (SSSR count). The standard InChI is InChI=1S/C12H20O4/c1-9(11(13)14)7-5-3-4-6-8-10(2)12(15)16/h3-4,9-10H,5-8H2,1-2H3,(H,13,14)(H,15,16). The average Bonchev–Trinajstić information content (AvgIpc) is 2.21. The van der Waals surface area contributed by atoms with Crippen LogP contribution in [0.3, 0.4) is 0 Å². The lowest BCUT2D eigenvalue weighted by Crippen LogP contribution is -2.08. The highest BCUT2D eigenvalue weighted by atomic mass is 16.4. The van der Waals surface area contributed by atoms with Gasteiger partial charge in [0.05, 0.1) is 11.8 Å². The highest BCUT2D eigenvalue weighted by molar-refractivity contribution is 5.69.